The van der Waals surface area contributed by atoms with Crippen molar-refractivity contribution in [3.05, 3.63) is 59.5 Å². The van der Waals surface area contributed by atoms with E-state index in [9.17, 15) is 0 Å². The van der Waals surface area contributed by atoms with Crippen molar-refractivity contribution in [3.8, 4) is 10.4 Å². The monoisotopic (exact) mass is 298 g/mol. The van der Waals surface area contributed by atoms with Gasteiger partial charge in [0, 0.05) is 36.3 Å². The Hall–Kier alpha value is -1.98. The molecule has 2 aromatic heterocycles. The molecule has 5 heteroatoms. The molecule has 0 bridgehead atoms. The Morgan fingerprint density at radius 3 is 2.76 bits per heavy atom. The third-order valence-corrected chi connectivity index (χ3v) is 4.48. The van der Waals surface area contributed by atoms with E-state index < -0.39 is 0 Å². The number of thiophene rings is 1. The van der Waals surface area contributed by atoms with Gasteiger partial charge in [0.1, 0.15) is 12.2 Å². The zero-order chi connectivity index (χ0) is 14.5. The summed E-state index contributed by atoms with van der Waals surface area (Å²) < 4.78 is 1.96. The summed E-state index contributed by atoms with van der Waals surface area (Å²) in [7, 11) is 1.97. The van der Waals surface area contributed by atoms with Crippen LogP contribution in [0.25, 0.3) is 10.4 Å². The first kappa shape index (κ1) is 14.0. The van der Waals surface area contributed by atoms with Gasteiger partial charge in [0.25, 0.3) is 0 Å². The first-order chi connectivity index (χ1) is 10.3. The number of hydrogen-bond acceptors (Lipinski definition) is 4. The minimum atomic E-state index is 0.896. The maximum absolute atomic E-state index is 4.08. The fourth-order valence-corrected chi connectivity index (χ4v) is 3.16. The minimum absolute atomic E-state index is 0.896. The number of aryl methyl sites for hydroxylation is 1. The summed E-state index contributed by atoms with van der Waals surface area (Å²) in [6, 6.07) is 14.9. The van der Waals surface area contributed by atoms with Gasteiger partial charge < -0.3 is 9.88 Å². The molecule has 0 saturated carbocycles. The number of nitrogens with one attached hydrogen (secondary N) is 1. The summed E-state index contributed by atoms with van der Waals surface area (Å²) in [5.41, 5.74) is 1.29. The number of hydrogen-bond donors (Lipinski definition) is 1. The molecule has 21 heavy (non-hydrogen) atoms. The summed E-state index contributed by atoms with van der Waals surface area (Å²) in [6.07, 6.45) is 2.63. The molecule has 0 fully saturated rings. The van der Waals surface area contributed by atoms with Gasteiger partial charge in [-0.3, -0.25) is 0 Å². The third kappa shape index (κ3) is 3.56. The minimum Gasteiger partial charge on any atom is -0.321 e. The molecule has 0 aliphatic heterocycles. The maximum atomic E-state index is 4.08. The van der Waals surface area contributed by atoms with Crippen LogP contribution in [0.4, 0.5) is 0 Å². The lowest BCUT2D eigenvalue weighted by Crippen LogP contribution is -2.17. The van der Waals surface area contributed by atoms with Crippen molar-refractivity contribution in [3.63, 3.8) is 0 Å². The van der Waals surface area contributed by atoms with Crippen LogP contribution < -0.4 is 5.32 Å². The van der Waals surface area contributed by atoms with E-state index in [1.807, 2.05) is 29.0 Å². The average molecular weight is 298 g/mol. The zero-order valence-electron chi connectivity index (χ0n) is 12.0. The van der Waals surface area contributed by atoms with E-state index in [1.165, 1.54) is 15.3 Å². The van der Waals surface area contributed by atoms with E-state index >= 15 is 0 Å². The fraction of sp³-hybridized carbons (Fsp3) is 0.250. The summed E-state index contributed by atoms with van der Waals surface area (Å²) >= 11 is 1.84. The Labute approximate surface area is 128 Å². The number of rotatable bonds is 6. The van der Waals surface area contributed by atoms with Crippen molar-refractivity contribution >= 4 is 11.3 Å². The predicted octanol–water partition coefficient (Wildman–Crippen LogP) is 2.88. The first-order valence-corrected chi connectivity index (χ1v) is 7.82. The van der Waals surface area contributed by atoms with E-state index in [-0.39, 0.29) is 0 Å². The lowest BCUT2D eigenvalue weighted by Gasteiger charge is -2.02. The molecule has 1 aromatic carbocycles. The Kier molecular flexibility index (Phi) is 4.43. The van der Waals surface area contributed by atoms with Crippen LogP contribution in [0.3, 0.4) is 0 Å². The molecule has 0 spiro atoms. The molecule has 0 aliphatic carbocycles. The van der Waals surface area contributed by atoms with Crippen LogP contribution in [0, 0.1) is 0 Å². The van der Waals surface area contributed by atoms with Crippen LogP contribution >= 0.6 is 11.3 Å². The summed E-state index contributed by atoms with van der Waals surface area (Å²) in [4.78, 5) is 2.67. The van der Waals surface area contributed by atoms with Crippen molar-refractivity contribution in [2.45, 2.75) is 13.0 Å². The molecule has 3 rings (SSSR count). The van der Waals surface area contributed by atoms with Crippen LogP contribution in [-0.2, 0) is 20.0 Å². The lowest BCUT2D eigenvalue weighted by atomic mass is 10.2. The molecule has 3 aromatic rings. The summed E-state index contributed by atoms with van der Waals surface area (Å²) in [6.45, 7) is 1.81. The SMILES string of the molecule is Cn1cnnc1CCNCc1ccc(-c2ccccc2)s1. The highest BCUT2D eigenvalue weighted by atomic mass is 32.1. The normalized spacial score (nSPS) is 10.9. The molecule has 0 atom stereocenters. The van der Waals surface area contributed by atoms with Gasteiger partial charge in [-0.05, 0) is 17.7 Å². The molecule has 0 radical (unpaired) electrons. The molecular formula is C16H18N4S. The van der Waals surface area contributed by atoms with Gasteiger partial charge in [-0.2, -0.15) is 0 Å². The first-order valence-electron chi connectivity index (χ1n) is 7.00. The molecule has 0 saturated heterocycles. The van der Waals surface area contributed by atoms with Gasteiger partial charge in [-0.25, -0.2) is 0 Å². The molecular weight excluding hydrogens is 280 g/mol. The zero-order valence-corrected chi connectivity index (χ0v) is 12.8. The molecule has 1 N–H and O–H groups in total. The van der Waals surface area contributed by atoms with Gasteiger partial charge in [-0.1, -0.05) is 30.3 Å². The van der Waals surface area contributed by atoms with Gasteiger partial charge in [-0.15, -0.1) is 21.5 Å². The topological polar surface area (TPSA) is 42.7 Å². The third-order valence-electron chi connectivity index (χ3n) is 3.35. The van der Waals surface area contributed by atoms with Gasteiger partial charge >= 0.3 is 0 Å². The van der Waals surface area contributed by atoms with Gasteiger partial charge in [0.15, 0.2) is 0 Å². The van der Waals surface area contributed by atoms with Crippen LogP contribution in [0.1, 0.15) is 10.7 Å². The molecule has 4 nitrogen and oxygen atoms in total. The van der Waals surface area contributed by atoms with Gasteiger partial charge in [0.05, 0.1) is 0 Å². The van der Waals surface area contributed by atoms with Crippen molar-refractivity contribution in [1.29, 1.82) is 0 Å². The average Bonchev–Trinajstić information content (AvgIpc) is 3.14. The van der Waals surface area contributed by atoms with Crippen LogP contribution in [0.15, 0.2) is 48.8 Å². The van der Waals surface area contributed by atoms with E-state index in [0.29, 0.717) is 0 Å². The Morgan fingerprint density at radius 1 is 1.14 bits per heavy atom. The summed E-state index contributed by atoms with van der Waals surface area (Å²) in [5.74, 6) is 1.01. The number of nitrogens with zero attached hydrogens (tertiary/aromatic N) is 3. The van der Waals surface area contributed by atoms with Gasteiger partial charge in [0.2, 0.25) is 0 Å². The molecule has 108 valence electrons. The Bertz CT molecular complexity index is 687. The molecule has 2 heterocycles. The lowest BCUT2D eigenvalue weighted by molar-refractivity contribution is 0.658. The second-order valence-corrected chi connectivity index (χ2v) is 6.09. The van der Waals surface area contributed by atoms with E-state index in [4.69, 9.17) is 0 Å². The highest BCUT2D eigenvalue weighted by Gasteiger charge is 2.03. The number of benzene rings is 1. The van der Waals surface area contributed by atoms with Crippen LogP contribution in [-0.4, -0.2) is 21.3 Å². The predicted molar refractivity (Wildman–Crippen MR) is 86.2 cm³/mol. The maximum Gasteiger partial charge on any atom is 0.133 e. The highest BCUT2D eigenvalue weighted by Crippen LogP contribution is 2.27. The second-order valence-electron chi connectivity index (χ2n) is 4.92. The largest absolute Gasteiger partial charge is 0.321 e. The van der Waals surface area contributed by atoms with Crippen molar-refractivity contribution in [2.24, 2.45) is 7.05 Å². The second kappa shape index (κ2) is 6.65. The standard InChI is InChI=1S/C16H18N4S/c1-20-12-18-19-16(20)9-10-17-11-14-7-8-15(21-14)13-5-3-2-4-6-13/h2-8,12,17H,9-11H2,1H3. The smallest absolute Gasteiger partial charge is 0.133 e. The van der Waals surface area contributed by atoms with Crippen molar-refractivity contribution in [1.82, 2.24) is 20.1 Å². The van der Waals surface area contributed by atoms with Crippen molar-refractivity contribution < 1.29 is 0 Å². The fourth-order valence-electron chi connectivity index (χ4n) is 2.18. The van der Waals surface area contributed by atoms with Crippen LogP contribution in [0.5, 0.6) is 0 Å². The quantitative estimate of drug-likeness (QED) is 0.712. The van der Waals surface area contributed by atoms with E-state index in [2.05, 4.69) is 51.9 Å². The highest BCUT2D eigenvalue weighted by molar-refractivity contribution is 7.15. The molecule has 0 amide bonds. The van der Waals surface area contributed by atoms with Crippen LogP contribution in [0.2, 0.25) is 0 Å². The van der Waals surface area contributed by atoms with Crippen molar-refractivity contribution in [2.75, 3.05) is 6.54 Å². The van der Waals surface area contributed by atoms with E-state index in [0.717, 1.165) is 25.3 Å². The van der Waals surface area contributed by atoms with E-state index in [1.54, 1.807) is 6.33 Å². The molecule has 0 unspecified atom stereocenters. The number of aromatic nitrogens is 3. The Morgan fingerprint density at radius 2 is 2.00 bits per heavy atom. The summed E-state index contributed by atoms with van der Waals surface area (Å²) in [5, 5.41) is 11.4. The Balaban J connectivity index is 1.50. The molecule has 0 aliphatic rings.